The van der Waals surface area contributed by atoms with Gasteiger partial charge >= 0.3 is 0 Å². The van der Waals surface area contributed by atoms with E-state index in [4.69, 9.17) is 11.6 Å². The van der Waals surface area contributed by atoms with Gasteiger partial charge in [-0.05, 0) is 36.7 Å². The van der Waals surface area contributed by atoms with Crippen LogP contribution in [0.1, 0.15) is 31.9 Å². The summed E-state index contributed by atoms with van der Waals surface area (Å²) in [6.45, 7) is 5.22. The zero-order valence-electron chi connectivity index (χ0n) is 8.48. The summed E-state index contributed by atoms with van der Waals surface area (Å²) in [7, 11) is 0. The first-order valence-corrected chi connectivity index (χ1v) is 6.04. The third-order valence-electron chi connectivity index (χ3n) is 2.19. The van der Waals surface area contributed by atoms with E-state index < -0.39 is 0 Å². The molecular formula is C11H15BrClN. The van der Waals surface area contributed by atoms with Gasteiger partial charge in [0.05, 0.1) is 0 Å². The second-order valence-corrected chi connectivity index (χ2v) is 4.51. The van der Waals surface area contributed by atoms with Crippen LogP contribution in [0.3, 0.4) is 0 Å². The van der Waals surface area contributed by atoms with Crippen LogP contribution in [-0.2, 0) is 0 Å². The van der Waals surface area contributed by atoms with Gasteiger partial charge < -0.3 is 5.32 Å². The minimum absolute atomic E-state index is 0.352. The fourth-order valence-corrected chi connectivity index (χ4v) is 2.13. The predicted molar refractivity (Wildman–Crippen MR) is 65.9 cm³/mol. The smallest absolute Gasteiger partial charge is 0.0454 e. The highest BCUT2D eigenvalue weighted by Gasteiger charge is 2.11. The molecular weight excluding hydrogens is 261 g/mol. The Morgan fingerprint density at radius 3 is 2.71 bits per heavy atom. The lowest BCUT2D eigenvalue weighted by Crippen LogP contribution is -2.20. The van der Waals surface area contributed by atoms with Crippen LogP contribution in [-0.4, -0.2) is 6.54 Å². The molecule has 78 valence electrons. The molecule has 0 spiro atoms. The van der Waals surface area contributed by atoms with Gasteiger partial charge in [0.2, 0.25) is 0 Å². The van der Waals surface area contributed by atoms with Crippen molar-refractivity contribution in [2.24, 2.45) is 0 Å². The van der Waals surface area contributed by atoms with E-state index in [2.05, 4.69) is 41.2 Å². The molecule has 1 aromatic rings. The molecule has 1 nitrogen and oxygen atoms in total. The fraction of sp³-hybridized carbons (Fsp3) is 0.455. The zero-order chi connectivity index (χ0) is 10.6. The molecule has 0 radical (unpaired) electrons. The molecule has 1 rings (SSSR count). The van der Waals surface area contributed by atoms with E-state index in [0.717, 1.165) is 22.5 Å². The Morgan fingerprint density at radius 2 is 2.14 bits per heavy atom. The van der Waals surface area contributed by atoms with E-state index in [1.165, 1.54) is 5.56 Å². The van der Waals surface area contributed by atoms with Gasteiger partial charge in [-0.2, -0.15) is 0 Å². The molecule has 3 heteroatoms. The summed E-state index contributed by atoms with van der Waals surface area (Å²) in [4.78, 5) is 0. The van der Waals surface area contributed by atoms with E-state index in [1.807, 2.05) is 12.1 Å². The van der Waals surface area contributed by atoms with Crippen molar-refractivity contribution < 1.29 is 0 Å². The van der Waals surface area contributed by atoms with Crippen molar-refractivity contribution in [3.63, 3.8) is 0 Å². The van der Waals surface area contributed by atoms with Gasteiger partial charge in [-0.3, -0.25) is 0 Å². The van der Waals surface area contributed by atoms with Crippen molar-refractivity contribution in [3.05, 3.63) is 33.3 Å². The number of hydrogen-bond acceptors (Lipinski definition) is 1. The molecule has 1 atom stereocenters. The number of nitrogens with one attached hydrogen (secondary N) is 1. The van der Waals surface area contributed by atoms with Crippen molar-refractivity contribution in [2.45, 2.75) is 26.3 Å². The van der Waals surface area contributed by atoms with E-state index in [-0.39, 0.29) is 0 Å². The van der Waals surface area contributed by atoms with Gasteiger partial charge in [0.15, 0.2) is 0 Å². The maximum absolute atomic E-state index is 6.14. The van der Waals surface area contributed by atoms with Crippen LogP contribution in [0.5, 0.6) is 0 Å². The van der Waals surface area contributed by atoms with Crippen LogP contribution in [0.4, 0.5) is 0 Å². The molecule has 0 amide bonds. The Hall–Kier alpha value is -0.0500. The Kier molecular flexibility index (Phi) is 4.93. The van der Waals surface area contributed by atoms with Gasteiger partial charge in [-0.25, -0.2) is 0 Å². The third kappa shape index (κ3) is 2.97. The van der Waals surface area contributed by atoms with E-state index in [9.17, 15) is 0 Å². The Bertz CT molecular complexity index is 301. The number of rotatable bonds is 4. The molecule has 0 saturated carbocycles. The van der Waals surface area contributed by atoms with Crippen LogP contribution in [0.25, 0.3) is 0 Å². The van der Waals surface area contributed by atoms with Crippen LogP contribution < -0.4 is 5.32 Å². The number of halogens is 2. The molecule has 0 aromatic heterocycles. The van der Waals surface area contributed by atoms with Crippen molar-refractivity contribution >= 4 is 27.5 Å². The Balaban J connectivity index is 2.96. The topological polar surface area (TPSA) is 12.0 Å². The summed E-state index contributed by atoms with van der Waals surface area (Å²) >= 11 is 9.60. The van der Waals surface area contributed by atoms with E-state index in [0.29, 0.717) is 6.04 Å². The Labute approximate surface area is 99.0 Å². The summed E-state index contributed by atoms with van der Waals surface area (Å²) in [5, 5.41) is 4.25. The minimum Gasteiger partial charge on any atom is -0.310 e. The second-order valence-electron chi connectivity index (χ2n) is 3.18. The largest absolute Gasteiger partial charge is 0.310 e. The normalized spacial score (nSPS) is 12.9. The second kappa shape index (κ2) is 5.74. The zero-order valence-corrected chi connectivity index (χ0v) is 10.8. The number of benzene rings is 1. The van der Waals surface area contributed by atoms with Crippen LogP contribution in [0.15, 0.2) is 22.7 Å². The maximum atomic E-state index is 6.14. The van der Waals surface area contributed by atoms with Crippen molar-refractivity contribution in [1.29, 1.82) is 0 Å². The molecule has 14 heavy (non-hydrogen) atoms. The van der Waals surface area contributed by atoms with Gasteiger partial charge in [-0.15, -0.1) is 0 Å². The highest BCUT2D eigenvalue weighted by molar-refractivity contribution is 9.10. The minimum atomic E-state index is 0.352. The first-order valence-electron chi connectivity index (χ1n) is 4.87. The predicted octanol–water partition coefficient (Wildman–Crippen LogP) is 4.16. The molecule has 0 aliphatic carbocycles. The van der Waals surface area contributed by atoms with Crippen LogP contribution in [0.2, 0.25) is 5.02 Å². The summed E-state index contributed by atoms with van der Waals surface area (Å²) < 4.78 is 1.08. The average molecular weight is 277 g/mol. The summed E-state index contributed by atoms with van der Waals surface area (Å²) in [5.74, 6) is 0. The van der Waals surface area contributed by atoms with Crippen molar-refractivity contribution in [1.82, 2.24) is 5.32 Å². The quantitative estimate of drug-likeness (QED) is 0.870. The lowest BCUT2D eigenvalue weighted by atomic mass is 10.0. The fourth-order valence-electron chi connectivity index (χ4n) is 1.50. The Morgan fingerprint density at radius 1 is 1.43 bits per heavy atom. The molecule has 0 aliphatic rings. The highest BCUT2D eigenvalue weighted by atomic mass is 79.9. The monoisotopic (exact) mass is 275 g/mol. The van der Waals surface area contributed by atoms with Gasteiger partial charge in [-0.1, -0.05) is 41.4 Å². The molecule has 0 aliphatic heterocycles. The molecule has 0 bridgehead atoms. The standard InChI is InChI=1S/C11H15BrClN/c1-3-11(14-4-2)9-7-8(12)5-6-10(9)13/h5-7,11,14H,3-4H2,1-2H3. The molecule has 0 saturated heterocycles. The molecule has 1 unspecified atom stereocenters. The molecule has 1 N–H and O–H groups in total. The summed E-state index contributed by atoms with van der Waals surface area (Å²) in [5.41, 5.74) is 1.17. The van der Waals surface area contributed by atoms with E-state index in [1.54, 1.807) is 0 Å². The average Bonchev–Trinajstić information content (AvgIpc) is 2.18. The lowest BCUT2D eigenvalue weighted by molar-refractivity contribution is 0.537. The van der Waals surface area contributed by atoms with Gasteiger partial charge in [0, 0.05) is 15.5 Å². The molecule has 1 aromatic carbocycles. The van der Waals surface area contributed by atoms with Crippen LogP contribution in [0, 0.1) is 0 Å². The number of hydrogen-bond donors (Lipinski definition) is 1. The first-order chi connectivity index (χ1) is 6.69. The van der Waals surface area contributed by atoms with Crippen molar-refractivity contribution in [3.8, 4) is 0 Å². The van der Waals surface area contributed by atoms with Gasteiger partial charge in [0.1, 0.15) is 0 Å². The lowest BCUT2D eigenvalue weighted by Gasteiger charge is -2.17. The third-order valence-corrected chi connectivity index (χ3v) is 3.03. The SMILES string of the molecule is CCNC(CC)c1cc(Br)ccc1Cl. The van der Waals surface area contributed by atoms with E-state index >= 15 is 0 Å². The first kappa shape index (κ1) is 12.0. The summed E-state index contributed by atoms with van der Waals surface area (Å²) in [6.07, 6.45) is 1.05. The molecule has 0 fully saturated rings. The maximum Gasteiger partial charge on any atom is 0.0454 e. The highest BCUT2D eigenvalue weighted by Crippen LogP contribution is 2.28. The van der Waals surface area contributed by atoms with Crippen molar-refractivity contribution in [2.75, 3.05) is 6.54 Å². The molecule has 0 heterocycles. The van der Waals surface area contributed by atoms with Crippen LogP contribution >= 0.6 is 27.5 Å². The van der Waals surface area contributed by atoms with Gasteiger partial charge in [0.25, 0.3) is 0 Å². The summed E-state index contributed by atoms with van der Waals surface area (Å²) in [6, 6.07) is 6.33.